The molecule has 0 spiro atoms. The van der Waals surface area contributed by atoms with Crippen molar-refractivity contribution in [2.75, 3.05) is 6.61 Å². The van der Waals surface area contributed by atoms with Gasteiger partial charge in [-0.05, 0) is 22.9 Å². The van der Waals surface area contributed by atoms with Crippen molar-refractivity contribution in [2.24, 2.45) is 0 Å². The Bertz CT molecular complexity index is 753. The van der Waals surface area contributed by atoms with Crippen molar-refractivity contribution >= 4 is 16.7 Å². The molecule has 0 aliphatic carbocycles. The first-order valence-electron chi connectivity index (χ1n) is 6.44. The molecule has 24 heavy (non-hydrogen) atoms. The molecular formula is C15H9F7O2. The van der Waals surface area contributed by atoms with Gasteiger partial charge in [0.25, 0.3) is 0 Å². The van der Waals surface area contributed by atoms with E-state index in [9.17, 15) is 35.5 Å². The lowest BCUT2D eigenvalue weighted by Crippen LogP contribution is -2.54. The smallest absolute Gasteiger partial charge is 0.455 e. The van der Waals surface area contributed by atoms with Crippen molar-refractivity contribution < 1.29 is 40.3 Å². The van der Waals surface area contributed by atoms with Gasteiger partial charge in [0.2, 0.25) is 0 Å². The van der Waals surface area contributed by atoms with Gasteiger partial charge in [0.05, 0.1) is 5.56 Å². The Balaban J connectivity index is 2.14. The molecule has 2 aromatic rings. The van der Waals surface area contributed by atoms with Crippen LogP contribution >= 0.6 is 0 Å². The second-order valence-electron chi connectivity index (χ2n) is 4.91. The van der Waals surface area contributed by atoms with E-state index in [2.05, 4.69) is 4.74 Å². The predicted molar refractivity (Wildman–Crippen MR) is 70.2 cm³/mol. The van der Waals surface area contributed by atoms with Crippen LogP contribution in [0.2, 0.25) is 0 Å². The minimum atomic E-state index is -6.47. The Kier molecular flexibility index (Phi) is 4.47. The van der Waals surface area contributed by atoms with E-state index in [-0.39, 0.29) is 5.56 Å². The van der Waals surface area contributed by atoms with Crippen LogP contribution < -0.4 is 0 Å². The molecule has 0 aromatic heterocycles. The molecule has 0 aliphatic rings. The molecule has 0 N–H and O–H groups in total. The number of carbonyl (C=O) groups excluding carboxylic acids is 1. The highest BCUT2D eigenvalue weighted by molar-refractivity contribution is 5.95. The Labute approximate surface area is 130 Å². The molecule has 0 saturated heterocycles. The number of esters is 1. The summed E-state index contributed by atoms with van der Waals surface area (Å²) < 4.78 is 91.5. The summed E-state index contributed by atoms with van der Waals surface area (Å²) in [5, 5.41) is 1.25. The van der Waals surface area contributed by atoms with Crippen LogP contribution in [0.3, 0.4) is 0 Å². The Morgan fingerprint density at radius 2 is 1.46 bits per heavy atom. The third-order valence-electron chi connectivity index (χ3n) is 3.19. The van der Waals surface area contributed by atoms with Crippen molar-refractivity contribution in [3.8, 4) is 0 Å². The van der Waals surface area contributed by atoms with Gasteiger partial charge in [-0.25, -0.2) is 4.79 Å². The predicted octanol–water partition coefficient (Wildman–Crippen LogP) is 4.83. The van der Waals surface area contributed by atoms with E-state index in [1.165, 1.54) is 18.2 Å². The molecule has 0 aliphatic heterocycles. The molecule has 0 heterocycles. The highest BCUT2D eigenvalue weighted by atomic mass is 19.4. The van der Waals surface area contributed by atoms with Crippen LogP contribution in [0.5, 0.6) is 0 Å². The molecule has 0 atom stereocenters. The number of hydrogen-bond acceptors (Lipinski definition) is 2. The van der Waals surface area contributed by atoms with Crippen molar-refractivity contribution in [1.82, 2.24) is 0 Å². The lowest BCUT2D eigenvalue weighted by molar-refractivity contribution is -0.359. The summed E-state index contributed by atoms with van der Waals surface area (Å²) in [5.41, 5.74) is -0.250. The molecule has 0 saturated carbocycles. The van der Waals surface area contributed by atoms with Gasteiger partial charge < -0.3 is 4.74 Å². The summed E-state index contributed by atoms with van der Waals surface area (Å²) in [5.74, 6) is -13.3. The zero-order chi connectivity index (χ0) is 18.2. The van der Waals surface area contributed by atoms with E-state index in [4.69, 9.17) is 0 Å². The number of alkyl halides is 7. The number of ether oxygens (including phenoxy) is 1. The fourth-order valence-corrected chi connectivity index (χ4v) is 1.85. The number of halogens is 7. The maximum Gasteiger partial charge on any atom is 0.460 e. The first-order chi connectivity index (χ1) is 11.0. The molecule has 0 unspecified atom stereocenters. The summed E-state index contributed by atoms with van der Waals surface area (Å²) in [7, 11) is 0. The van der Waals surface area contributed by atoms with E-state index in [0.29, 0.717) is 10.8 Å². The van der Waals surface area contributed by atoms with Gasteiger partial charge in [-0.1, -0.05) is 30.3 Å². The lowest BCUT2D eigenvalue weighted by Gasteiger charge is -2.27. The summed E-state index contributed by atoms with van der Waals surface area (Å²) >= 11 is 0. The molecule has 2 nitrogen and oxygen atoms in total. The highest BCUT2D eigenvalue weighted by Crippen LogP contribution is 2.46. The van der Waals surface area contributed by atoms with Crippen LogP contribution in [0.25, 0.3) is 10.8 Å². The Morgan fingerprint density at radius 3 is 2.04 bits per heavy atom. The maximum absolute atomic E-state index is 13.1. The van der Waals surface area contributed by atoms with Crippen molar-refractivity contribution in [3.05, 3.63) is 48.0 Å². The van der Waals surface area contributed by atoms with Gasteiger partial charge in [0.15, 0.2) is 6.61 Å². The van der Waals surface area contributed by atoms with Gasteiger partial charge in [0, 0.05) is 0 Å². The summed E-state index contributed by atoms with van der Waals surface area (Å²) in [6, 6.07) is 10.5. The average Bonchev–Trinajstić information content (AvgIpc) is 2.51. The topological polar surface area (TPSA) is 26.3 Å². The number of carbonyl (C=O) groups is 1. The molecule has 2 aromatic carbocycles. The zero-order valence-electron chi connectivity index (χ0n) is 11.7. The Hall–Kier alpha value is -2.32. The van der Waals surface area contributed by atoms with Crippen LogP contribution in [-0.2, 0) is 4.74 Å². The van der Waals surface area contributed by atoms with Crippen molar-refractivity contribution in [3.63, 3.8) is 0 Å². The monoisotopic (exact) mass is 354 g/mol. The van der Waals surface area contributed by atoms with Crippen LogP contribution in [0.1, 0.15) is 10.4 Å². The molecule has 9 heteroatoms. The van der Waals surface area contributed by atoms with Crippen molar-refractivity contribution in [2.45, 2.75) is 18.0 Å². The second-order valence-corrected chi connectivity index (χ2v) is 4.91. The van der Waals surface area contributed by atoms with Crippen LogP contribution in [0, 0.1) is 0 Å². The zero-order valence-corrected chi connectivity index (χ0v) is 11.7. The Morgan fingerprint density at radius 1 is 0.875 bits per heavy atom. The summed E-state index contributed by atoms with van der Waals surface area (Å²) in [6.45, 7) is -2.40. The van der Waals surface area contributed by atoms with Crippen LogP contribution in [0.15, 0.2) is 42.5 Å². The summed E-state index contributed by atoms with van der Waals surface area (Å²) in [6.07, 6.45) is -6.47. The minimum absolute atomic E-state index is 0.250. The SMILES string of the molecule is O=C(OCC(F)(F)C(F)(F)C(F)(F)F)c1ccc2ccccc2c1. The third kappa shape index (κ3) is 3.29. The minimum Gasteiger partial charge on any atom is -0.455 e. The van der Waals surface area contributed by atoms with Gasteiger partial charge in [-0.3, -0.25) is 0 Å². The molecule has 0 fully saturated rings. The van der Waals surface area contributed by atoms with E-state index < -0.39 is 30.6 Å². The van der Waals surface area contributed by atoms with E-state index in [1.807, 2.05) is 0 Å². The molecular weight excluding hydrogens is 345 g/mol. The van der Waals surface area contributed by atoms with Gasteiger partial charge in [-0.2, -0.15) is 30.7 Å². The van der Waals surface area contributed by atoms with E-state index >= 15 is 0 Å². The van der Waals surface area contributed by atoms with E-state index in [1.54, 1.807) is 24.3 Å². The standard InChI is InChI=1S/C15H9F7O2/c16-13(17,14(18,19)15(20,21)22)8-24-12(23)11-6-5-9-3-1-2-4-10(9)7-11/h1-7H,8H2. The van der Waals surface area contributed by atoms with Gasteiger partial charge in [-0.15, -0.1) is 0 Å². The maximum atomic E-state index is 13.1. The number of fused-ring (bicyclic) bond motifs is 1. The normalized spacial score (nSPS) is 13.1. The largest absolute Gasteiger partial charge is 0.460 e. The van der Waals surface area contributed by atoms with Crippen LogP contribution in [-0.4, -0.2) is 30.6 Å². The molecule has 0 radical (unpaired) electrons. The van der Waals surface area contributed by atoms with Crippen LogP contribution in [0.4, 0.5) is 30.7 Å². The quantitative estimate of drug-likeness (QED) is 0.581. The molecule has 0 bridgehead atoms. The number of hydrogen-bond donors (Lipinski definition) is 0. The first-order valence-corrected chi connectivity index (χ1v) is 6.44. The third-order valence-corrected chi connectivity index (χ3v) is 3.19. The first kappa shape index (κ1) is 18.0. The van der Waals surface area contributed by atoms with Gasteiger partial charge >= 0.3 is 24.0 Å². The molecule has 0 amide bonds. The molecule has 130 valence electrons. The number of rotatable bonds is 4. The molecule has 2 rings (SSSR count). The lowest BCUT2D eigenvalue weighted by atomic mass is 10.1. The summed E-state index contributed by atoms with van der Waals surface area (Å²) in [4.78, 5) is 11.6. The fourth-order valence-electron chi connectivity index (χ4n) is 1.85. The van der Waals surface area contributed by atoms with Gasteiger partial charge in [0.1, 0.15) is 0 Å². The van der Waals surface area contributed by atoms with E-state index in [0.717, 1.165) is 0 Å². The second kappa shape index (κ2) is 5.95. The number of benzene rings is 2. The fraction of sp³-hybridized carbons (Fsp3) is 0.267. The van der Waals surface area contributed by atoms with Crippen molar-refractivity contribution in [1.29, 1.82) is 0 Å². The highest BCUT2D eigenvalue weighted by Gasteiger charge is 2.73. The average molecular weight is 354 g/mol.